The standard InChI is InChI=1S/C33H37FN6O5/c1-18-21(20-15-25(34)24(28(16-20)45-5)17-36-27-13-8-14-35-30(27)41)9-6-10-22(18)23-11-7-12-26(19(23)2)37-31(42)29-32(43)39(3)33(44)40(4)38-29/h6-7,9-12,15-16,27,33,36,44H,8,13-14,17H2,1-5H3,(H,35,41)(H,37,42)/t27-,33?/m0/s1. The van der Waals surface area contributed by atoms with Crippen LogP contribution in [-0.2, 0) is 20.9 Å². The normalized spacial score (nSPS) is 18.4. The van der Waals surface area contributed by atoms with E-state index in [1.54, 1.807) is 18.2 Å². The smallest absolute Gasteiger partial charge is 0.283 e. The predicted octanol–water partition coefficient (Wildman–Crippen LogP) is 3.13. The van der Waals surface area contributed by atoms with E-state index >= 15 is 4.39 Å². The van der Waals surface area contributed by atoms with Crippen molar-refractivity contribution in [3.63, 3.8) is 0 Å². The number of hydrogen-bond acceptors (Lipinski definition) is 8. The number of benzene rings is 3. The van der Waals surface area contributed by atoms with Crippen molar-refractivity contribution in [1.82, 2.24) is 20.5 Å². The molecule has 0 spiro atoms. The van der Waals surface area contributed by atoms with Gasteiger partial charge < -0.3 is 25.8 Å². The van der Waals surface area contributed by atoms with E-state index in [1.165, 1.54) is 27.3 Å². The fraction of sp³-hybridized carbons (Fsp3) is 0.333. The summed E-state index contributed by atoms with van der Waals surface area (Å²) in [5.74, 6) is -1.54. The van der Waals surface area contributed by atoms with Crippen LogP contribution in [0.3, 0.4) is 0 Å². The van der Waals surface area contributed by atoms with Crippen LogP contribution in [0, 0.1) is 19.7 Å². The molecule has 236 valence electrons. The Labute approximate surface area is 261 Å². The molecule has 3 aromatic carbocycles. The zero-order chi connectivity index (χ0) is 32.4. The van der Waals surface area contributed by atoms with Gasteiger partial charge in [0.2, 0.25) is 18.0 Å². The summed E-state index contributed by atoms with van der Waals surface area (Å²) < 4.78 is 21.1. The first-order valence-corrected chi connectivity index (χ1v) is 14.7. The summed E-state index contributed by atoms with van der Waals surface area (Å²) in [5.41, 5.74) is 5.30. The molecule has 1 saturated heterocycles. The summed E-state index contributed by atoms with van der Waals surface area (Å²) in [5, 5.41) is 23.9. The van der Waals surface area contributed by atoms with Gasteiger partial charge in [-0.2, -0.15) is 5.10 Å². The number of nitrogens with zero attached hydrogens (tertiary/aromatic N) is 3. The molecule has 2 aliphatic rings. The number of anilines is 1. The molecule has 2 atom stereocenters. The lowest BCUT2D eigenvalue weighted by molar-refractivity contribution is -0.149. The average Bonchev–Trinajstić information content (AvgIpc) is 3.02. The minimum absolute atomic E-state index is 0.0834. The number of rotatable bonds is 8. The summed E-state index contributed by atoms with van der Waals surface area (Å²) in [4.78, 5) is 38.9. The van der Waals surface area contributed by atoms with Crippen molar-refractivity contribution in [1.29, 1.82) is 0 Å². The molecular formula is C33H37FN6O5. The highest BCUT2D eigenvalue weighted by Crippen LogP contribution is 2.37. The Balaban J connectivity index is 1.43. The maximum absolute atomic E-state index is 15.6. The van der Waals surface area contributed by atoms with Gasteiger partial charge in [-0.25, -0.2) is 4.39 Å². The highest BCUT2D eigenvalue weighted by atomic mass is 19.1. The first kappa shape index (κ1) is 31.6. The van der Waals surface area contributed by atoms with Crippen molar-refractivity contribution in [2.45, 2.75) is 45.6 Å². The SMILES string of the molecule is COc1cc(-c2cccc(-c3cccc(NC(=O)C4=NN(C)C(O)N(C)C4=O)c3C)c2C)cc(F)c1CN[C@H]1CCCNC1=O. The Morgan fingerprint density at radius 3 is 2.49 bits per heavy atom. The van der Waals surface area contributed by atoms with E-state index in [2.05, 4.69) is 21.1 Å². The molecule has 0 aromatic heterocycles. The quantitative estimate of drug-likeness (QED) is 0.306. The van der Waals surface area contributed by atoms with Gasteiger partial charge in [0.15, 0.2) is 0 Å². The van der Waals surface area contributed by atoms with Gasteiger partial charge in [-0.05, 0) is 78.3 Å². The number of halogens is 1. The number of methoxy groups -OCH3 is 1. The van der Waals surface area contributed by atoms with Gasteiger partial charge in [0.1, 0.15) is 11.6 Å². The Morgan fingerprint density at radius 1 is 1.09 bits per heavy atom. The Kier molecular flexibility index (Phi) is 9.16. The predicted molar refractivity (Wildman–Crippen MR) is 169 cm³/mol. The molecule has 1 fully saturated rings. The molecule has 2 heterocycles. The van der Waals surface area contributed by atoms with Crippen LogP contribution in [0.2, 0.25) is 0 Å². The first-order chi connectivity index (χ1) is 21.5. The lowest BCUT2D eigenvalue weighted by atomic mass is 9.90. The third-order valence-corrected chi connectivity index (χ3v) is 8.38. The number of aliphatic hydroxyl groups excluding tert-OH is 1. The highest BCUT2D eigenvalue weighted by molar-refractivity contribution is 6.67. The molecule has 4 N–H and O–H groups in total. The van der Waals surface area contributed by atoms with Crippen LogP contribution in [0.5, 0.6) is 5.75 Å². The van der Waals surface area contributed by atoms with Crippen LogP contribution in [0.1, 0.15) is 29.5 Å². The van der Waals surface area contributed by atoms with Gasteiger partial charge in [-0.1, -0.05) is 30.3 Å². The number of ether oxygens (including phenoxy) is 1. The third-order valence-electron chi connectivity index (χ3n) is 8.38. The number of hydrazone groups is 1. The summed E-state index contributed by atoms with van der Waals surface area (Å²) in [6, 6.07) is 14.1. The lowest BCUT2D eigenvalue weighted by Crippen LogP contribution is -2.55. The van der Waals surface area contributed by atoms with Crippen LogP contribution in [0.4, 0.5) is 10.1 Å². The molecule has 5 rings (SSSR count). The third kappa shape index (κ3) is 6.24. The number of aliphatic hydroxyl groups is 1. The molecule has 0 bridgehead atoms. The number of piperidine rings is 1. The van der Waals surface area contributed by atoms with E-state index in [0.29, 0.717) is 35.5 Å². The van der Waals surface area contributed by atoms with Gasteiger partial charge in [0.25, 0.3) is 11.8 Å². The molecule has 3 amide bonds. The van der Waals surface area contributed by atoms with Crippen LogP contribution in [0.25, 0.3) is 22.3 Å². The highest BCUT2D eigenvalue weighted by Gasteiger charge is 2.35. The van der Waals surface area contributed by atoms with E-state index in [0.717, 1.165) is 44.1 Å². The Morgan fingerprint density at radius 2 is 1.78 bits per heavy atom. The van der Waals surface area contributed by atoms with Crippen LogP contribution in [0.15, 0.2) is 53.6 Å². The fourth-order valence-electron chi connectivity index (χ4n) is 5.71. The molecule has 0 radical (unpaired) electrons. The minimum atomic E-state index is -1.26. The van der Waals surface area contributed by atoms with Gasteiger partial charge in [-0.3, -0.25) is 24.3 Å². The van der Waals surface area contributed by atoms with Gasteiger partial charge in [0.05, 0.1) is 13.2 Å². The molecule has 3 aromatic rings. The summed E-state index contributed by atoms with van der Waals surface area (Å²) >= 11 is 0. The van der Waals surface area contributed by atoms with Crippen molar-refractivity contribution < 1.29 is 28.6 Å². The van der Waals surface area contributed by atoms with Crippen molar-refractivity contribution in [2.75, 3.05) is 33.1 Å². The van der Waals surface area contributed by atoms with Gasteiger partial charge in [0, 0.05) is 38.4 Å². The molecule has 0 aliphatic carbocycles. The van der Waals surface area contributed by atoms with Gasteiger partial charge in [-0.15, -0.1) is 0 Å². The van der Waals surface area contributed by atoms with E-state index < -0.39 is 24.0 Å². The Hall–Kier alpha value is -4.81. The summed E-state index contributed by atoms with van der Waals surface area (Å²) in [6.07, 6.45) is 0.289. The molecule has 2 aliphatic heterocycles. The van der Waals surface area contributed by atoms with E-state index in [-0.39, 0.29) is 24.2 Å². The minimum Gasteiger partial charge on any atom is -0.496 e. The Bertz CT molecular complexity index is 1690. The number of hydrogen-bond donors (Lipinski definition) is 4. The van der Waals surface area contributed by atoms with Crippen molar-refractivity contribution in [2.24, 2.45) is 5.10 Å². The maximum Gasteiger partial charge on any atom is 0.283 e. The van der Waals surface area contributed by atoms with E-state index in [1.807, 2.05) is 38.1 Å². The second-order valence-electron chi connectivity index (χ2n) is 11.2. The van der Waals surface area contributed by atoms with Crippen LogP contribution in [-0.4, -0.2) is 78.6 Å². The zero-order valence-electron chi connectivity index (χ0n) is 25.9. The van der Waals surface area contributed by atoms with Crippen LogP contribution >= 0.6 is 0 Å². The molecular weight excluding hydrogens is 579 g/mol. The number of amides is 3. The second kappa shape index (κ2) is 13.0. The summed E-state index contributed by atoms with van der Waals surface area (Å²) in [6.45, 7) is 4.61. The molecule has 0 saturated carbocycles. The maximum atomic E-state index is 15.6. The lowest BCUT2D eigenvalue weighted by Gasteiger charge is -2.33. The van der Waals surface area contributed by atoms with E-state index in [4.69, 9.17) is 4.74 Å². The number of nitrogens with one attached hydrogen (secondary N) is 3. The molecule has 11 nitrogen and oxygen atoms in total. The average molecular weight is 617 g/mol. The monoisotopic (exact) mass is 616 g/mol. The van der Waals surface area contributed by atoms with Crippen molar-refractivity contribution in [3.8, 4) is 28.0 Å². The van der Waals surface area contributed by atoms with Crippen LogP contribution < -0.4 is 20.7 Å². The second-order valence-corrected chi connectivity index (χ2v) is 11.2. The van der Waals surface area contributed by atoms with Crippen molar-refractivity contribution >= 4 is 29.1 Å². The summed E-state index contributed by atoms with van der Waals surface area (Å²) in [7, 11) is 4.34. The van der Waals surface area contributed by atoms with Gasteiger partial charge >= 0.3 is 0 Å². The van der Waals surface area contributed by atoms with E-state index in [9.17, 15) is 19.5 Å². The largest absolute Gasteiger partial charge is 0.496 e. The zero-order valence-corrected chi connectivity index (χ0v) is 25.9. The number of carbonyl (C=O) groups is 3. The number of carbonyl (C=O) groups excluding carboxylic acids is 3. The molecule has 12 heteroatoms. The molecule has 1 unspecified atom stereocenters. The fourth-order valence-corrected chi connectivity index (χ4v) is 5.71. The molecule has 45 heavy (non-hydrogen) atoms. The topological polar surface area (TPSA) is 136 Å². The van der Waals surface area contributed by atoms with Crippen molar-refractivity contribution in [3.05, 3.63) is 71.0 Å². The first-order valence-electron chi connectivity index (χ1n) is 14.7.